The number of rotatable bonds is 6. The van der Waals surface area contributed by atoms with Gasteiger partial charge in [-0.15, -0.1) is 11.3 Å². The van der Waals surface area contributed by atoms with Crippen LogP contribution in [-0.4, -0.2) is 25.5 Å². The van der Waals surface area contributed by atoms with Crippen molar-refractivity contribution in [3.63, 3.8) is 0 Å². The first-order valence-electron chi connectivity index (χ1n) is 8.24. The first-order chi connectivity index (χ1) is 12.6. The molecule has 0 radical (unpaired) electrons. The molecule has 0 atom stereocenters. The standard InChI is InChI=1S/C20H20N2O3S/c1-13-7-10-18(26-13)20(24)22-12-19(23)21-11-16-15-6-4-3-5-14(15)8-9-17(16)25-2/h3-10H,11-12H2,1-2H3,(H,21,23)(H,22,24). The molecule has 6 heteroatoms. The van der Waals surface area contributed by atoms with E-state index in [4.69, 9.17) is 4.74 Å². The Balaban J connectivity index is 1.62. The van der Waals surface area contributed by atoms with E-state index >= 15 is 0 Å². The van der Waals surface area contributed by atoms with E-state index < -0.39 is 0 Å². The number of benzene rings is 2. The molecule has 0 aliphatic carbocycles. The van der Waals surface area contributed by atoms with Crippen LogP contribution in [0.5, 0.6) is 5.75 Å². The molecule has 0 fully saturated rings. The lowest BCUT2D eigenvalue weighted by molar-refractivity contribution is -0.120. The molecule has 26 heavy (non-hydrogen) atoms. The molecule has 0 aliphatic rings. The van der Waals surface area contributed by atoms with Gasteiger partial charge in [-0.25, -0.2) is 0 Å². The molecule has 134 valence electrons. The summed E-state index contributed by atoms with van der Waals surface area (Å²) >= 11 is 1.40. The zero-order valence-corrected chi connectivity index (χ0v) is 15.5. The van der Waals surface area contributed by atoms with E-state index in [0.29, 0.717) is 11.4 Å². The highest BCUT2D eigenvalue weighted by atomic mass is 32.1. The molecular formula is C20H20N2O3S. The van der Waals surface area contributed by atoms with Gasteiger partial charge in [0.05, 0.1) is 18.5 Å². The zero-order valence-electron chi connectivity index (χ0n) is 14.7. The predicted octanol–water partition coefficient (Wildman–Crippen LogP) is 3.26. The van der Waals surface area contributed by atoms with Crippen molar-refractivity contribution in [2.75, 3.05) is 13.7 Å². The average Bonchev–Trinajstić information content (AvgIpc) is 3.10. The summed E-state index contributed by atoms with van der Waals surface area (Å²) in [5.41, 5.74) is 0.916. The molecule has 5 nitrogen and oxygen atoms in total. The third kappa shape index (κ3) is 4.03. The zero-order chi connectivity index (χ0) is 18.5. The Morgan fingerprint density at radius 2 is 1.85 bits per heavy atom. The Morgan fingerprint density at radius 3 is 2.58 bits per heavy atom. The summed E-state index contributed by atoms with van der Waals surface area (Å²) in [4.78, 5) is 25.8. The lowest BCUT2D eigenvalue weighted by Gasteiger charge is -2.13. The summed E-state index contributed by atoms with van der Waals surface area (Å²) in [6.45, 7) is 2.20. The number of fused-ring (bicyclic) bond motifs is 1. The van der Waals surface area contributed by atoms with E-state index in [9.17, 15) is 9.59 Å². The van der Waals surface area contributed by atoms with Crippen LogP contribution in [0.3, 0.4) is 0 Å². The van der Waals surface area contributed by atoms with Crippen LogP contribution in [0.1, 0.15) is 20.1 Å². The second kappa shape index (κ2) is 8.01. The van der Waals surface area contributed by atoms with Gasteiger partial charge in [0.2, 0.25) is 5.91 Å². The third-order valence-corrected chi connectivity index (χ3v) is 5.05. The van der Waals surface area contributed by atoms with Gasteiger partial charge >= 0.3 is 0 Å². The van der Waals surface area contributed by atoms with Gasteiger partial charge in [-0.3, -0.25) is 9.59 Å². The number of nitrogens with one attached hydrogen (secondary N) is 2. The summed E-state index contributed by atoms with van der Waals surface area (Å²) in [7, 11) is 1.61. The molecule has 2 amide bonds. The first kappa shape index (κ1) is 17.9. The Kier molecular flexibility index (Phi) is 5.53. The Bertz CT molecular complexity index is 949. The summed E-state index contributed by atoms with van der Waals surface area (Å²) < 4.78 is 5.42. The normalized spacial score (nSPS) is 10.5. The van der Waals surface area contributed by atoms with Gasteiger partial charge in [-0.2, -0.15) is 0 Å². The van der Waals surface area contributed by atoms with Gasteiger partial charge in [0, 0.05) is 17.0 Å². The van der Waals surface area contributed by atoms with Crippen LogP contribution in [0.15, 0.2) is 48.5 Å². The van der Waals surface area contributed by atoms with E-state index in [-0.39, 0.29) is 18.4 Å². The lowest BCUT2D eigenvalue weighted by Crippen LogP contribution is -2.36. The van der Waals surface area contributed by atoms with Crippen LogP contribution in [0.4, 0.5) is 0 Å². The number of aryl methyl sites for hydroxylation is 1. The molecule has 0 aliphatic heterocycles. The van der Waals surface area contributed by atoms with Crippen LogP contribution in [-0.2, 0) is 11.3 Å². The van der Waals surface area contributed by atoms with E-state index in [1.807, 2.05) is 49.4 Å². The van der Waals surface area contributed by atoms with Crippen molar-refractivity contribution >= 4 is 33.9 Å². The fourth-order valence-corrected chi connectivity index (χ4v) is 3.53. The van der Waals surface area contributed by atoms with E-state index in [1.165, 1.54) is 11.3 Å². The highest BCUT2D eigenvalue weighted by Gasteiger charge is 2.12. The van der Waals surface area contributed by atoms with Crippen LogP contribution in [0, 0.1) is 6.92 Å². The number of hydrogen-bond donors (Lipinski definition) is 2. The maximum atomic E-state index is 12.1. The van der Waals surface area contributed by atoms with Crippen molar-refractivity contribution in [2.24, 2.45) is 0 Å². The highest BCUT2D eigenvalue weighted by molar-refractivity contribution is 7.13. The van der Waals surface area contributed by atoms with Crippen LogP contribution in [0.2, 0.25) is 0 Å². The topological polar surface area (TPSA) is 67.4 Å². The van der Waals surface area contributed by atoms with Gasteiger partial charge in [0.25, 0.3) is 5.91 Å². The summed E-state index contributed by atoms with van der Waals surface area (Å²) in [6.07, 6.45) is 0. The van der Waals surface area contributed by atoms with Crippen molar-refractivity contribution in [3.05, 3.63) is 63.8 Å². The molecule has 3 aromatic rings. The van der Waals surface area contributed by atoms with Crippen LogP contribution in [0.25, 0.3) is 10.8 Å². The second-order valence-electron chi connectivity index (χ2n) is 5.84. The van der Waals surface area contributed by atoms with Gasteiger partial charge < -0.3 is 15.4 Å². The first-order valence-corrected chi connectivity index (χ1v) is 9.06. The van der Waals surface area contributed by atoms with Crippen molar-refractivity contribution in [1.29, 1.82) is 0 Å². The molecule has 1 heterocycles. The molecule has 0 spiro atoms. The van der Waals surface area contributed by atoms with E-state index in [0.717, 1.165) is 27.0 Å². The number of hydrogen-bond acceptors (Lipinski definition) is 4. The van der Waals surface area contributed by atoms with E-state index in [1.54, 1.807) is 13.2 Å². The van der Waals surface area contributed by atoms with Gasteiger partial charge in [-0.1, -0.05) is 30.3 Å². The minimum absolute atomic E-state index is 0.0666. The third-order valence-electron chi connectivity index (χ3n) is 4.05. The lowest BCUT2D eigenvalue weighted by atomic mass is 10.0. The van der Waals surface area contributed by atoms with Crippen molar-refractivity contribution < 1.29 is 14.3 Å². The van der Waals surface area contributed by atoms with Crippen molar-refractivity contribution in [1.82, 2.24) is 10.6 Å². The smallest absolute Gasteiger partial charge is 0.261 e. The maximum Gasteiger partial charge on any atom is 0.261 e. The number of methoxy groups -OCH3 is 1. The quantitative estimate of drug-likeness (QED) is 0.702. The molecular weight excluding hydrogens is 348 g/mol. The Hall–Kier alpha value is -2.86. The average molecular weight is 368 g/mol. The van der Waals surface area contributed by atoms with Crippen molar-refractivity contribution in [3.8, 4) is 5.75 Å². The van der Waals surface area contributed by atoms with Crippen LogP contribution < -0.4 is 15.4 Å². The second-order valence-corrected chi connectivity index (χ2v) is 7.13. The van der Waals surface area contributed by atoms with E-state index in [2.05, 4.69) is 10.6 Å². The molecule has 0 saturated heterocycles. The number of carbonyl (C=O) groups is 2. The van der Waals surface area contributed by atoms with Gasteiger partial charge in [0.1, 0.15) is 5.75 Å². The SMILES string of the molecule is COc1ccc2ccccc2c1CNC(=O)CNC(=O)c1ccc(C)s1. The van der Waals surface area contributed by atoms with Gasteiger partial charge in [0.15, 0.2) is 0 Å². The molecule has 2 N–H and O–H groups in total. The molecule has 3 rings (SSSR count). The minimum atomic E-state index is -0.249. The van der Waals surface area contributed by atoms with Crippen molar-refractivity contribution in [2.45, 2.75) is 13.5 Å². The molecule has 0 unspecified atom stereocenters. The Labute approximate surface area is 156 Å². The number of amides is 2. The molecule has 0 saturated carbocycles. The molecule has 0 bridgehead atoms. The fraction of sp³-hybridized carbons (Fsp3) is 0.200. The minimum Gasteiger partial charge on any atom is -0.496 e. The number of carbonyl (C=O) groups excluding carboxylic acids is 2. The van der Waals surface area contributed by atoms with Crippen LogP contribution >= 0.6 is 11.3 Å². The summed E-state index contributed by atoms with van der Waals surface area (Å²) in [5, 5.41) is 7.60. The number of ether oxygens (including phenoxy) is 1. The summed E-state index contributed by atoms with van der Waals surface area (Å²) in [6, 6.07) is 15.5. The Morgan fingerprint density at radius 1 is 1.04 bits per heavy atom. The number of thiophene rings is 1. The van der Waals surface area contributed by atoms with Gasteiger partial charge in [-0.05, 0) is 35.9 Å². The monoisotopic (exact) mass is 368 g/mol. The largest absolute Gasteiger partial charge is 0.496 e. The fourth-order valence-electron chi connectivity index (χ4n) is 2.74. The maximum absolute atomic E-state index is 12.1. The highest BCUT2D eigenvalue weighted by Crippen LogP contribution is 2.27. The predicted molar refractivity (Wildman–Crippen MR) is 104 cm³/mol. The summed E-state index contributed by atoms with van der Waals surface area (Å²) in [5.74, 6) is 0.240. The molecule has 2 aromatic carbocycles. The molecule has 1 aromatic heterocycles.